The molecule has 0 saturated carbocycles. The number of carbonyl (C=O) groups excluding carboxylic acids is 2. The van der Waals surface area contributed by atoms with Crippen molar-refractivity contribution < 1.29 is 19.5 Å². The van der Waals surface area contributed by atoms with Crippen LogP contribution in [0.25, 0.3) is 0 Å². The summed E-state index contributed by atoms with van der Waals surface area (Å²) < 4.78 is 0. The molecule has 17 heavy (non-hydrogen) atoms. The lowest BCUT2D eigenvalue weighted by Gasteiger charge is -2.03. The lowest BCUT2D eigenvalue weighted by atomic mass is 10.2. The van der Waals surface area contributed by atoms with Gasteiger partial charge in [0.25, 0.3) is 0 Å². The van der Waals surface area contributed by atoms with Crippen molar-refractivity contribution >= 4 is 23.6 Å². The number of carbonyl (C=O) groups is 3. The Labute approximate surface area is 96.6 Å². The van der Waals surface area contributed by atoms with Gasteiger partial charge in [-0.25, -0.2) is 4.98 Å². The SMILES string of the molecule is NC(=O)c1ccc(NC(=O)CCC(=O)O)nc1. The van der Waals surface area contributed by atoms with Crippen LogP contribution in [0.4, 0.5) is 5.82 Å². The van der Waals surface area contributed by atoms with Crippen LogP contribution in [-0.2, 0) is 9.59 Å². The number of nitrogens with one attached hydrogen (secondary N) is 1. The zero-order chi connectivity index (χ0) is 12.8. The molecule has 0 radical (unpaired) electrons. The van der Waals surface area contributed by atoms with Gasteiger partial charge in [0.1, 0.15) is 5.82 Å². The van der Waals surface area contributed by atoms with E-state index in [0.29, 0.717) is 0 Å². The van der Waals surface area contributed by atoms with Crippen molar-refractivity contribution in [3.05, 3.63) is 23.9 Å². The van der Waals surface area contributed by atoms with E-state index in [9.17, 15) is 14.4 Å². The smallest absolute Gasteiger partial charge is 0.303 e. The maximum absolute atomic E-state index is 11.2. The van der Waals surface area contributed by atoms with E-state index < -0.39 is 17.8 Å². The van der Waals surface area contributed by atoms with Crippen LogP contribution < -0.4 is 11.1 Å². The summed E-state index contributed by atoms with van der Waals surface area (Å²) in [7, 11) is 0. The summed E-state index contributed by atoms with van der Waals surface area (Å²) >= 11 is 0. The van der Waals surface area contributed by atoms with Crippen LogP contribution in [-0.4, -0.2) is 27.9 Å². The monoisotopic (exact) mass is 237 g/mol. The minimum atomic E-state index is -1.04. The highest BCUT2D eigenvalue weighted by atomic mass is 16.4. The Hall–Kier alpha value is -2.44. The van der Waals surface area contributed by atoms with Crippen molar-refractivity contribution in [1.82, 2.24) is 4.98 Å². The van der Waals surface area contributed by atoms with Gasteiger partial charge >= 0.3 is 5.97 Å². The first-order valence-corrected chi connectivity index (χ1v) is 4.76. The zero-order valence-electron chi connectivity index (χ0n) is 8.84. The Kier molecular flexibility index (Phi) is 4.15. The minimum absolute atomic E-state index is 0.130. The molecule has 0 spiro atoms. The van der Waals surface area contributed by atoms with E-state index in [4.69, 9.17) is 10.8 Å². The van der Waals surface area contributed by atoms with Gasteiger partial charge in [0.15, 0.2) is 0 Å². The number of anilines is 1. The molecule has 0 bridgehead atoms. The van der Waals surface area contributed by atoms with Crippen molar-refractivity contribution in [3.8, 4) is 0 Å². The lowest BCUT2D eigenvalue weighted by Crippen LogP contribution is -2.15. The standard InChI is InChI=1S/C10H11N3O4/c11-10(17)6-1-2-7(12-5-6)13-8(14)3-4-9(15)16/h1-2,5H,3-4H2,(H2,11,17)(H,15,16)(H,12,13,14). The van der Waals surface area contributed by atoms with Crippen LogP contribution in [0.2, 0.25) is 0 Å². The van der Waals surface area contributed by atoms with E-state index >= 15 is 0 Å². The van der Waals surface area contributed by atoms with Gasteiger partial charge in [0.2, 0.25) is 11.8 Å². The van der Waals surface area contributed by atoms with Gasteiger partial charge in [-0.15, -0.1) is 0 Å². The fraction of sp³-hybridized carbons (Fsp3) is 0.200. The third kappa shape index (κ3) is 4.29. The maximum atomic E-state index is 11.2. The molecule has 2 amide bonds. The van der Waals surface area contributed by atoms with Crippen molar-refractivity contribution in [2.75, 3.05) is 5.32 Å². The number of carboxylic acid groups (broad SMARTS) is 1. The van der Waals surface area contributed by atoms with Gasteiger partial charge in [-0.1, -0.05) is 0 Å². The average Bonchev–Trinajstić information content (AvgIpc) is 2.27. The second-order valence-corrected chi connectivity index (χ2v) is 3.24. The van der Waals surface area contributed by atoms with Gasteiger partial charge < -0.3 is 16.2 Å². The summed E-state index contributed by atoms with van der Waals surface area (Å²) in [4.78, 5) is 36.0. The van der Waals surface area contributed by atoms with Gasteiger partial charge in [-0.05, 0) is 12.1 Å². The van der Waals surface area contributed by atoms with Crippen LogP contribution in [0.5, 0.6) is 0 Å². The molecule has 7 heteroatoms. The van der Waals surface area contributed by atoms with Crippen LogP contribution in [0.3, 0.4) is 0 Å². The number of rotatable bonds is 5. The summed E-state index contributed by atoms with van der Waals surface area (Å²) in [6.45, 7) is 0. The molecule has 7 nitrogen and oxygen atoms in total. The third-order valence-corrected chi connectivity index (χ3v) is 1.88. The first-order valence-electron chi connectivity index (χ1n) is 4.76. The Bertz CT molecular complexity index is 441. The second kappa shape index (κ2) is 5.59. The van der Waals surface area contributed by atoms with Crippen LogP contribution in [0.1, 0.15) is 23.2 Å². The fourth-order valence-corrected chi connectivity index (χ4v) is 1.04. The Morgan fingerprint density at radius 2 is 2.00 bits per heavy atom. The average molecular weight is 237 g/mol. The molecular weight excluding hydrogens is 226 g/mol. The summed E-state index contributed by atoms with van der Waals surface area (Å²) in [6.07, 6.45) is 0.856. The fourth-order valence-electron chi connectivity index (χ4n) is 1.04. The Morgan fingerprint density at radius 1 is 1.29 bits per heavy atom. The van der Waals surface area contributed by atoms with E-state index in [1.54, 1.807) is 0 Å². The number of primary amides is 1. The highest BCUT2D eigenvalue weighted by molar-refractivity contribution is 5.94. The Morgan fingerprint density at radius 3 is 2.47 bits per heavy atom. The molecule has 0 aliphatic rings. The first kappa shape index (κ1) is 12.6. The van der Waals surface area contributed by atoms with Crippen molar-refractivity contribution in [2.45, 2.75) is 12.8 Å². The molecule has 0 aliphatic heterocycles. The number of aromatic nitrogens is 1. The molecule has 0 fully saturated rings. The maximum Gasteiger partial charge on any atom is 0.303 e. The quantitative estimate of drug-likeness (QED) is 0.664. The summed E-state index contributed by atoms with van der Waals surface area (Å²) in [5.74, 6) is -1.87. The molecule has 4 N–H and O–H groups in total. The van der Waals surface area contributed by atoms with Crippen LogP contribution in [0.15, 0.2) is 18.3 Å². The van der Waals surface area contributed by atoms with E-state index in [-0.39, 0.29) is 24.2 Å². The zero-order valence-corrected chi connectivity index (χ0v) is 8.84. The van der Waals surface area contributed by atoms with Crippen molar-refractivity contribution in [1.29, 1.82) is 0 Å². The number of amides is 2. The topological polar surface area (TPSA) is 122 Å². The normalized spacial score (nSPS) is 9.65. The highest BCUT2D eigenvalue weighted by Gasteiger charge is 2.07. The van der Waals surface area contributed by atoms with Crippen molar-refractivity contribution in [3.63, 3.8) is 0 Å². The number of hydrogen-bond acceptors (Lipinski definition) is 4. The minimum Gasteiger partial charge on any atom is -0.481 e. The van der Waals surface area contributed by atoms with E-state index in [1.807, 2.05) is 0 Å². The summed E-state index contributed by atoms with van der Waals surface area (Å²) in [5, 5.41) is 10.8. The largest absolute Gasteiger partial charge is 0.481 e. The molecule has 1 heterocycles. The van der Waals surface area contributed by atoms with Gasteiger partial charge in [0.05, 0.1) is 12.0 Å². The summed E-state index contributed by atoms with van der Waals surface area (Å²) in [6, 6.07) is 2.83. The molecule has 1 rings (SSSR count). The molecule has 0 unspecified atom stereocenters. The van der Waals surface area contributed by atoms with E-state index in [2.05, 4.69) is 10.3 Å². The Balaban J connectivity index is 2.54. The van der Waals surface area contributed by atoms with Gasteiger partial charge in [-0.2, -0.15) is 0 Å². The second-order valence-electron chi connectivity index (χ2n) is 3.24. The molecule has 1 aromatic rings. The number of hydrogen-bond donors (Lipinski definition) is 3. The molecule has 90 valence electrons. The predicted molar refractivity (Wildman–Crippen MR) is 58.3 cm³/mol. The number of nitrogens with two attached hydrogens (primary N) is 1. The number of pyridine rings is 1. The number of nitrogens with zero attached hydrogens (tertiary/aromatic N) is 1. The predicted octanol–water partition coefficient (Wildman–Crippen LogP) is -0.0162. The molecular formula is C10H11N3O4. The molecule has 0 aromatic carbocycles. The van der Waals surface area contributed by atoms with E-state index in [1.165, 1.54) is 18.3 Å². The molecule has 0 aliphatic carbocycles. The molecule has 0 saturated heterocycles. The van der Waals surface area contributed by atoms with Crippen molar-refractivity contribution in [2.24, 2.45) is 5.73 Å². The van der Waals surface area contributed by atoms with Gasteiger partial charge in [-0.3, -0.25) is 14.4 Å². The third-order valence-electron chi connectivity index (χ3n) is 1.88. The number of aliphatic carboxylic acids is 1. The van der Waals surface area contributed by atoms with Crippen LogP contribution in [0, 0.1) is 0 Å². The number of carboxylic acids is 1. The lowest BCUT2D eigenvalue weighted by molar-refractivity contribution is -0.138. The molecule has 1 aromatic heterocycles. The highest BCUT2D eigenvalue weighted by Crippen LogP contribution is 2.05. The molecule has 0 atom stereocenters. The van der Waals surface area contributed by atoms with Gasteiger partial charge in [0, 0.05) is 12.6 Å². The summed E-state index contributed by atoms with van der Waals surface area (Å²) in [5.41, 5.74) is 5.24. The van der Waals surface area contributed by atoms with E-state index in [0.717, 1.165) is 0 Å². The van der Waals surface area contributed by atoms with Crippen LogP contribution >= 0.6 is 0 Å². The first-order chi connectivity index (χ1) is 7.99.